The Morgan fingerprint density at radius 1 is 0.781 bits per heavy atom. The van der Waals surface area contributed by atoms with Crippen LogP contribution in [0.1, 0.15) is 75.1 Å². The molecule has 0 radical (unpaired) electrons. The molecule has 2 rings (SSSR count). The minimum absolute atomic E-state index is 0.198. The molecule has 0 fully saturated rings. The second-order valence-corrected chi connectivity index (χ2v) is 7.64. The van der Waals surface area contributed by atoms with E-state index in [0.717, 1.165) is 18.9 Å². The lowest BCUT2D eigenvalue weighted by Gasteiger charge is -2.15. The van der Waals surface area contributed by atoms with Gasteiger partial charge >= 0.3 is 11.9 Å². The highest BCUT2D eigenvalue weighted by Gasteiger charge is 2.18. The molecule has 0 unspecified atom stereocenters. The Hall–Kier alpha value is -3.08. The largest absolute Gasteiger partial charge is 0.486 e. The first-order valence-electron chi connectivity index (χ1n) is 11.5. The molecule has 5 nitrogen and oxygen atoms in total. The molecular weight excluding hydrogens is 404 g/mol. The molecule has 0 N–H and O–H groups in total. The quantitative estimate of drug-likeness (QED) is 0.131. The number of ether oxygens (including phenoxy) is 3. The van der Waals surface area contributed by atoms with Gasteiger partial charge in [-0.2, -0.15) is 0 Å². The molecule has 0 aliphatic rings. The van der Waals surface area contributed by atoms with Crippen LogP contribution in [0.4, 0.5) is 0 Å². The average Bonchev–Trinajstić information content (AvgIpc) is 2.82. The minimum Gasteiger partial charge on any atom is -0.486 e. The minimum atomic E-state index is -0.607. The molecule has 32 heavy (non-hydrogen) atoms. The third-order valence-electron chi connectivity index (χ3n) is 5.03. The Morgan fingerprint density at radius 2 is 1.38 bits per heavy atom. The second kappa shape index (κ2) is 14.8. The molecule has 2 aromatic carbocycles. The number of carbonyl (C=O) groups is 2. The molecule has 172 valence electrons. The number of carbonyl (C=O) groups excluding carboxylic acids is 2. The van der Waals surface area contributed by atoms with E-state index < -0.39 is 11.9 Å². The summed E-state index contributed by atoms with van der Waals surface area (Å²) in [6, 6.07) is 13.6. The summed E-state index contributed by atoms with van der Waals surface area (Å²) in [5.41, 5.74) is 0.422. The van der Waals surface area contributed by atoms with Gasteiger partial charge in [0.15, 0.2) is 11.5 Å². The fourth-order valence-corrected chi connectivity index (χ4v) is 3.27. The van der Waals surface area contributed by atoms with E-state index in [-0.39, 0.29) is 17.2 Å². The lowest BCUT2D eigenvalue weighted by Crippen LogP contribution is -2.11. The number of para-hydroxylation sites is 1. The molecule has 0 aromatic heterocycles. The van der Waals surface area contributed by atoms with Crippen molar-refractivity contribution in [1.82, 2.24) is 0 Å². The van der Waals surface area contributed by atoms with Crippen LogP contribution in [0.25, 0.3) is 0 Å². The van der Waals surface area contributed by atoms with E-state index >= 15 is 0 Å². The van der Waals surface area contributed by atoms with Crippen molar-refractivity contribution in [2.24, 2.45) is 0 Å². The van der Waals surface area contributed by atoms with Crippen molar-refractivity contribution in [2.45, 2.75) is 64.7 Å². The molecule has 0 spiro atoms. The first kappa shape index (κ1) is 25.2. The van der Waals surface area contributed by atoms with Crippen LogP contribution in [0, 0.1) is 0 Å². The summed E-state index contributed by atoms with van der Waals surface area (Å²) < 4.78 is 16.8. The van der Waals surface area contributed by atoms with Gasteiger partial charge in [-0.1, -0.05) is 89.1 Å². The van der Waals surface area contributed by atoms with Crippen LogP contribution < -0.4 is 14.2 Å². The third kappa shape index (κ3) is 8.96. The summed E-state index contributed by atoms with van der Waals surface area (Å²) in [6.07, 6.45) is 11.9. The molecule has 0 heterocycles. The predicted molar refractivity (Wildman–Crippen MR) is 126 cm³/mol. The van der Waals surface area contributed by atoms with E-state index in [1.54, 1.807) is 42.5 Å². The van der Waals surface area contributed by atoms with Crippen molar-refractivity contribution in [2.75, 3.05) is 6.61 Å². The third-order valence-corrected chi connectivity index (χ3v) is 5.03. The number of benzene rings is 2. The van der Waals surface area contributed by atoms with E-state index in [1.807, 2.05) is 6.07 Å². The van der Waals surface area contributed by atoms with Crippen molar-refractivity contribution in [1.29, 1.82) is 0 Å². The number of hydrogen-bond donors (Lipinski definition) is 0. The highest BCUT2D eigenvalue weighted by molar-refractivity contribution is 5.91. The van der Waals surface area contributed by atoms with Crippen LogP contribution in [0.5, 0.6) is 17.2 Å². The van der Waals surface area contributed by atoms with Crippen LogP contribution in [0.3, 0.4) is 0 Å². The topological polar surface area (TPSA) is 61.8 Å². The standard InChI is InChI=1S/C27H34O5/c1-3-5-6-7-8-9-10-11-15-21-30-26-23(31-25(28)4-2)19-16-20-24(26)32-27(29)22-17-13-12-14-18-22/h4,12-14,16-20H,2-3,5-11,15,21H2,1H3. The van der Waals surface area contributed by atoms with Crippen molar-refractivity contribution in [3.63, 3.8) is 0 Å². The van der Waals surface area contributed by atoms with Crippen LogP contribution in [-0.4, -0.2) is 18.5 Å². The Bertz CT molecular complexity index is 844. The fourth-order valence-electron chi connectivity index (χ4n) is 3.27. The first-order chi connectivity index (χ1) is 15.7. The summed E-state index contributed by atoms with van der Waals surface area (Å²) in [7, 11) is 0. The van der Waals surface area contributed by atoms with Gasteiger partial charge in [-0.05, 0) is 30.7 Å². The first-order valence-corrected chi connectivity index (χ1v) is 11.5. The van der Waals surface area contributed by atoms with E-state index in [0.29, 0.717) is 12.2 Å². The van der Waals surface area contributed by atoms with Gasteiger partial charge in [0.25, 0.3) is 0 Å². The number of unbranched alkanes of at least 4 members (excludes halogenated alkanes) is 8. The molecule has 0 saturated heterocycles. The van der Waals surface area contributed by atoms with Crippen LogP contribution >= 0.6 is 0 Å². The van der Waals surface area contributed by atoms with Crippen molar-refractivity contribution in [3.8, 4) is 17.2 Å². The second-order valence-electron chi connectivity index (χ2n) is 7.64. The Morgan fingerprint density at radius 3 is 2.00 bits per heavy atom. The van der Waals surface area contributed by atoms with E-state index in [4.69, 9.17) is 14.2 Å². The van der Waals surface area contributed by atoms with Gasteiger partial charge in [-0.15, -0.1) is 0 Å². The lowest BCUT2D eigenvalue weighted by atomic mass is 10.1. The molecule has 0 aliphatic heterocycles. The number of rotatable bonds is 15. The number of esters is 2. The Labute approximate surface area is 191 Å². The zero-order valence-electron chi connectivity index (χ0n) is 19.0. The number of hydrogen-bond acceptors (Lipinski definition) is 5. The zero-order valence-corrected chi connectivity index (χ0v) is 19.0. The molecular formula is C27H34O5. The molecule has 2 aromatic rings. The van der Waals surface area contributed by atoms with Crippen LogP contribution in [0.2, 0.25) is 0 Å². The molecule has 5 heteroatoms. The summed E-state index contributed by atoms with van der Waals surface area (Å²) in [4.78, 5) is 24.2. The van der Waals surface area contributed by atoms with Gasteiger partial charge in [-0.25, -0.2) is 9.59 Å². The van der Waals surface area contributed by atoms with Crippen molar-refractivity contribution < 1.29 is 23.8 Å². The van der Waals surface area contributed by atoms with E-state index in [9.17, 15) is 9.59 Å². The summed E-state index contributed by atoms with van der Waals surface area (Å²) in [5, 5.41) is 0. The van der Waals surface area contributed by atoms with Gasteiger partial charge in [-0.3, -0.25) is 0 Å². The lowest BCUT2D eigenvalue weighted by molar-refractivity contribution is -0.129. The van der Waals surface area contributed by atoms with Gasteiger partial charge in [0, 0.05) is 6.08 Å². The monoisotopic (exact) mass is 438 g/mol. The Kier molecular flexibility index (Phi) is 11.7. The Balaban J connectivity index is 1.94. The molecule has 0 bridgehead atoms. The van der Waals surface area contributed by atoms with Gasteiger partial charge in [0.05, 0.1) is 12.2 Å². The smallest absolute Gasteiger partial charge is 0.343 e. The highest BCUT2D eigenvalue weighted by Crippen LogP contribution is 2.38. The molecule has 0 saturated carbocycles. The maximum atomic E-state index is 12.5. The highest BCUT2D eigenvalue weighted by atomic mass is 16.6. The SMILES string of the molecule is C=CC(=O)Oc1cccc(OC(=O)c2ccccc2)c1OCCCCCCCCCCC. The van der Waals surface area contributed by atoms with Gasteiger partial charge in [0.1, 0.15) is 0 Å². The van der Waals surface area contributed by atoms with Crippen LogP contribution in [0.15, 0.2) is 61.2 Å². The van der Waals surface area contributed by atoms with E-state index in [1.165, 1.54) is 44.9 Å². The molecule has 0 amide bonds. The van der Waals surface area contributed by atoms with Gasteiger partial charge < -0.3 is 14.2 Å². The predicted octanol–water partition coefficient (Wildman–Crippen LogP) is 6.91. The summed E-state index contributed by atoms with van der Waals surface area (Å²) in [6.45, 7) is 6.09. The molecule has 0 atom stereocenters. The van der Waals surface area contributed by atoms with Crippen LogP contribution in [-0.2, 0) is 4.79 Å². The average molecular weight is 439 g/mol. The maximum absolute atomic E-state index is 12.5. The summed E-state index contributed by atoms with van der Waals surface area (Å²) in [5.74, 6) is -0.463. The van der Waals surface area contributed by atoms with Crippen molar-refractivity contribution in [3.05, 3.63) is 66.7 Å². The molecule has 0 aliphatic carbocycles. The normalized spacial score (nSPS) is 10.4. The summed E-state index contributed by atoms with van der Waals surface area (Å²) >= 11 is 0. The van der Waals surface area contributed by atoms with E-state index in [2.05, 4.69) is 13.5 Å². The van der Waals surface area contributed by atoms with Crippen molar-refractivity contribution >= 4 is 11.9 Å². The maximum Gasteiger partial charge on any atom is 0.343 e. The fraction of sp³-hybridized carbons (Fsp3) is 0.407. The van der Waals surface area contributed by atoms with Gasteiger partial charge in [0.2, 0.25) is 5.75 Å². The zero-order chi connectivity index (χ0) is 23.0.